The Bertz CT molecular complexity index is 1890. The fourth-order valence-electron chi connectivity index (χ4n) is 6.36. The lowest BCUT2D eigenvalue weighted by atomic mass is 9.94. The summed E-state index contributed by atoms with van der Waals surface area (Å²) in [4.78, 5) is 20.2. The average molecular weight is 742 g/mol. The van der Waals surface area contributed by atoms with Crippen molar-refractivity contribution in [2.45, 2.75) is 64.5 Å². The molecule has 0 saturated carbocycles. The van der Waals surface area contributed by atoms with Gasteiger partial charge in [-0.2, -0.15) is 18.2 Å². The summed E-state index contributed by atoms with van der Waals surface area (Å²) in [6.07, 6.45) is -2.78. The lowest BCUT2D eigenvalue weighted by molar-refractivity contribution is -0.139. The largest absolute Gasteiger partial charge is 0.481 e. The van der Waals surface area contributed by atoms with E-state index in [1.54, 1.807) is 7.11 Å². The zero-order valence-corrected chi connectivity index (χ0v) is 30.2. The van der Waals surface area contributed by atoms with E-state index in [1.807, 2.05) is 55.5 Å². The van der Waals surface area contributed by atoms with Gasteiger partial charge in [0.05, 0.1) is 36.5 Å². The van der Waals surface area contributed by atoms with Gasteiger partial charge in [0, 0.05) is 48.5 Å². The van der Waals surface area contributed by atoms with Gasteiger partial charge in [-0.25, -0.2) is 4.98 Å². The number of hydrogen-bond donors (Lipinski definition) is 5. The minimum atomic E-state index is -4.74. The molecule has 0 bridgehead atoms. The highest BCUT2D eigenvalue weighted by molar-refractivity contribution is 6.36. The number of rotatable bonds is 16. The van der Waals surface area contributed by atoms with E-state index in [0.29, 0.717) is 48.1 Å². The predicted octanol–water partition coefficient (Wildman–Crippen LogP) is 7.27. The first-order chi connectivity index (χ1) is 24.9. The van der Waals surface area contributed by atoms with Crippen LogP contribution < -0.4 is 25.4 Å². The van der Waals surface area contributed by atoms with E-state index in [4.69, 9.17) is 26.1 Å². The van der Waals surface area contributed by atoms with Crippen molar-refractivity contribution in [2.75, 3.05) is 32.7 Å². The normalized spacial score (nSPS) is 15.2. The quantitative estimate of drug-likeness (QED) is 0.0798. The molecule has 0 fully saturated rings. The molecule has 1 aliphatic carbocycles. The highest BCUT2D eigenvalue weighted by Crippen LogP contribution is 2.45. The van der Waals surface area contributed by atoms with Crippen molar-refractivity contribution >= 4 is 23.4 Å². The lowest BCUT2D eigenvalue weighted by Crippen LogP contribution is -2.33. The van der Waals surface area contributed by atoms with Gasteiger partial charge in [0.15, 0.2) is 0 Å². The van der Waals surface area contributed by atoms with Gasteiger partial charge in [-0.1, -0.05) is 61.0 Å². The van der Waals surface area contributed by atoms with E-state index in [-0.39, 0.29) is 36.3 Å². The monoisotopic (exact) mass is 741 g/mol. The molecule has 0 aliphatic heterocycles. The fraction of sp³-hybridized carbons (Fsp3) is 0.395. The summed E-state index contributed by atoms with van der Waals surface area (Å²) < 4.78 is 54.1. The fourth-order valence-corrected chi connectivity index (χ4v) is 6.68. The summed E-state index contributed by atoms with van der Waals surface area (Å²) in [7, 11) is 2.86. The first-order valence-corrected chi connectivity index (χ1v) is 17.4. The number of hydrogen-bond acceptors (Lipinski definition) is 9. The first kappa shape index (κ1) is 38.8. The second-order valence-corrected chi connectivity index (χ2v) is 13.1. The molecule has 0 unspecified atom stereocenters. The Morgan fingerprint density at radius 1 is 1.00 bits per heavy atom. The number of nitrogens with zero attached hydrogens (tertiary/aromatic N) is 2. The summed E-state index contributed by atoms with van der Waals surface area (Å²) in [5, 5.41) is 28.2. The predicted molar refractivity (Wildman–Crippen MR) is 194 cm³/mol. The number of halogens is 4. The van der Waals surface area contributed by atoms with Gasteiger partial charge in [-0.05, 0) is 60.9 Å². The minimum Gasteiger partial charge on any atom is -0.481 e. The molecule has 0 amide bonds. The van der Waals surface area contributed by atoms with Gasteiger partial charge >= 0.3 is 12.1 Å². The van der Waals surface area contributed by atoms with Crippen molar-refractivity contribution in [3.05, 3.63) is 87.4 Å². The number of ether oxygens (including phenoxy) is 2. The zero-order chi connectivity index (χ0) is 37.6. The molecule has 10 nitrogen and oxygen atoms in total. The third-order valence-corrected chi connectivity index (χ3v) is 9.80. The maximum atomic E-state index is 14.4. The number of carboxylic acid groups (broad SMARTS) is 1. The second kappa shape index (κ2) is 16.9. The van der Waals surface area contributed by atoms with E-state index in [1.165, 1.54) is 14.0 Å². The van der Waals surface area contributed by atoms with Gasteiger partial charge in [-0.3, -0.25) is 4.79 Å². The van der Waals surface area contributed by atoms with E-state index in [9.17, 15) is 28.2 Å². The van der Waals surface area contributed by atoms with Crippen LogP contribution in [0.2, 0.25) is 5.02 Å². The molecule has 0 radical (unpaired) electrons. The van der Waals surface area contributed by atoms with E-state index >= 15 is 0 Å². The van der Waals surface area contributed by atoms with Gasteiger partial charge in [0.1, 0.15) is 11.9 Å². The lowest BCUT2D eigenvalue weighted by Gasteiger charge is -2.22. The second-order valence-electron chi connectivity index (χ2n) is 12.7. The van der Waals surface area contributed by atoms with Gasteiger partial charge in [0.2, 0.25) is 11.8 Å². The highest BCUT2D eigenvalue weighted by atomic mass is 35.5. The number of methoxy groups -OCH3 is 2. The Labute approximate surface area is 305 Å². The molecule has 3 atom stereocenters. The Hall–Kier alpha value is -4.43. The molecule has 278 valence electrons. The van der Waals surface area contributed by atoms with Crippen LogP contribution in [0, 0.1) is 5.92 Å². The smallest absolute Gasteiger partial charge is 0.419 e. The molecule has 1 aliphatic rings. The van der Waals surface area contributed by atoms with Crippen molar-refractivity contribution in [1.82, 2.24) is 20.6 Å². The number of aromatic nitrogens is 2. The summed E-state index contributed by atoms with van der Waals surface area (Å²) in [6, 6.07) is 14.7. The molecule has 2 aromatic heterocycles. The summed E-state index contributed by atoms with van der Waals surface area (Å²) in [5.74, 6) is -0.929. The average Bonchev–Trinajstić information content (AvgIpc) is 3.54. The van der Waals surface area contributed by atoms with Gasteiger partial charge < -0.3 is 35.6 Å². The number of aliphatic hydroxyl groups excluding tert-OH is 1. The van der Waals surface area contributed by atoms with Crippen LogP contribution in [0.1, 0.15) is 60.5 Å². The highest BCUT2D eigenvalue weighted by Gasteiger charge is 2.37. The van der Waals surface area contributed by atoms with E-state index < -0.39 is 29.8 Å². The Morgan fingerprint density at radius 3 is 2.37 bits per heavy atom. The molecule has 14 heteroatoms. The number of carbonyl (C=O) groups is 1. The van der Waals surface area contributed by atoms with Gasteiger partial charge in [0.25, 0.3) is 0 Å². The molecule has 52 heavy (non-hydrogen) atoms. The van der Waals surface area contributed by atoms with Crippen molar-refractivity contribution in [3.8, 4) is 34.1 Å². The number of fused-ring (bicyclic) bond motifs is 1. The van der Waals surface area contributed by atoms with E-state index in [0.717, 1.165) is 40.3 Å². The molecular weight excluding hydrogens is 699 g/mol. The SMILES string of the molecule is CC[C@H](CO)CNCc1ccc(-c2cccc(-c3cccc4c3CC[C@@H]4Nc3nc(OC)c(CN[C@@H](C)C(=O)O)cc3C(F)(F)F)c2Cl)nc1OC. The van der Waals surface area contributed by atoms with Crippen LogP contribution in [-0.2, 0) is 30.5 Å². The summed E-state index contributed by atoms with van der Waals surface area (Å²) >= 11 is 7.09. The Kier molecular flexibility index (Phi) is 12.6. The molecule has 2 aromatic carbocycles. The van der Waals surface area contributed by atoms with Crippen molar-refractivity contribution in [2.24, 2.45) is 5.92 Å². The standard InChI is InChI=1S/C38H43ClF3N5O5/c1-5-22(20-48)17-43-18-23-12-14-32(46-35(23)51-3)29-11-7-10-28(33(29)39)25-8-6-9-27-26(25)13-15-31(27)45-34-30(38(40,41)42)16-24(36(47-34)52-4)19-44-21(2)37(49)50/h6-12,14,16,21-22,31,43-44,48H,5,13,15,17-20H2,1-4H3,(H,45,47)(H,49,50)/t21-,22-,31-/m0/s1. The molecule has 0 saturated heterocycles. The number of nitrogens with one attached hydrogen (secondary N) is 3. The number of alkyl halides is 3. The third kappa shape index (κ3) is 8.60. The Balaban J connectivity index is 1.43. The van der Waals surface area contributed by atoms with Crippen molar-refractivity contribution in [1.29, 1.82) is 0 Å². The zero-order valence-electron chi connectivity index (χ0n) is 29.4. The topological polar surface area (TPSA) is 138 Å². The van der Waals surface area contributed by atoms with Crippen LogP contribution >= 0.6 is 11.6 Å². The number of anilines is 1. The van der Waals surface area contributed by atoms with Crippen molar-refractivity contribution < 1.29 is 37.7 Å². The molecular formula is C38H43ClF3N5O5. The number of aliphatic hydroxyl groups is 1. The van der Waals surface area contributed by atoms with Crippen LogP contribution in [0.4, 0.5) is 19.0 Å². The number of pyridine rings is 2. The maximum Gasteiger partial charge on any atom is 0.419 e. The molecule has 2 heterocycles. The first-order valence-electron chi connectivity index (χ1n) is 17.0. The number of aliphatic carboxylic acids is 1. The summed E-state index contributed by atoms with van der Waals surface area (Å²) in [5.41, 5.74) is 4.72. The molecule has 5 rings (SSSR count). The van der Waals surface area contributed by atoms with Crippen LogP contribution in [0.3, 0.4) is 0 Å². The van der Waals surface area contributed by atoms with Gasteiger partial charge in [-0.15, -0.1) is 0 Å². The van der Waals surface area contributed by atoms with E-state index in [2.05, 4.69) is 20.9 Å². The van der Waals surface area contributed by atoms with Crippen LogP contribution in [0.15, 0.2) is 54.6 Å². The maximum absolute atomic E-state index is 14.4. The number of carboxylic acids is 1. The Morgan fingerprint density at radius 2 is 1.69 bits per heavy atom. The van der Waals surface area contributed by atoms with Crippen molar-refractivity contribution in [3.63, 3.8) is 0 Å². The molecule has 0 spiro atoms. The third-order valence-electron chi connectivity index (χ3n) is 9.39. The van der Waals surface area contributed by atoms with Crippen LogP contribution in [0.5, 0.6) is 11.8 Å². The number of benzene rings is 2. The summed E-state index contributed by atoms with van der Waals surface area (Å²) in [6.45, 7) is 4.55. The molecule has 4 aromatic rings. The van der Waals surface area contributed by atoms with Crippen LogP contribution in [0.25, 0.3) is 22.4 Å². The van der Waals surface area contributed by atoms with Crippen LogP contribution in [-0.4, -0.2) is 59.6 Å². The molecule has 5 N–H and O–H groups in total. The minimum absolute atomic E-state index is 0.0440.